The lowest BCUT2D eigenvalue weighted by atomic mass is 10.2. The van der Waals surface area contributed by atoms with Gasteiger partial charge < -0.3 is 25.2 Å². The molecule has 0 unspecified atom stereocenters. The van der Waals surface area contributed by atoms with E-state index in [4.69, 9.17) is 26.2 Å². The topological polar surface area (TPSA) is 62.8 Å². The maximum atomic E-state index is 8.74. The van der Waals surface area contributed by atoms with E-state index < -0.39 is 0 Å². The zero-order valence-corrected chi connectivity index (χ0v) is 18.5. The van der Waals surface area contributed by atoms with Gasteiger partial charge in [-0.1, -0.05) is 39.7 Å². The van der Waals surface area contributed by atoms with Gasteiger partial charge in [0.2, 0.25) is 0 Å². The highest BCUT2D eigenvalue weighted by Gasteiger charge is 2.11. The molecule has 0 amide bonds. The lowest BCUT2D eigenvalue weighted by Crippen LogP contribution is -2.24. The summed E-state index contributed by atoms with van der Waals surface area (Å²) in [6.45, 7) is 6.30. The fraction of sp³-hybridized carbons (Fsp3) is 0.429. The van der Waals surface area contributed by atoms with Crippen molar-refractivity contribution in [2.45, 2.75) is 26.5 Å². The van der Waals surface area contributed by atoms with Crippen molar-refractivity contribution < 1.29 is 14.6 Å². The molecule has 0 aliphatic rings. The van der Waals surface area contributed by atoms with Crippen molar-refractivity contribution in [3.8, 4) is 11.5 Å². The monoisotopic (exact) mass is 470 g/mol. The van der Waals surface area contributed by atoms with Gasteiger partial charge in [0.15, 0.2) is 11.5 Å². The molecule has 0 bridgehead atoms. The van der Waals surface area contributed by atoms with Gasteiger partial charge >= 0.3 is 0 Å². The summed E-state index contributed by atoms with van der Waals surface area (Å²) in [5.74, 6) is 1.45. The predicted molar refractivity (Wildman–Crippen MR) is 117 cm³/mol. The Bertz CT molecular complexity index is 714. The summed E-state index contributed by atoms with van der Waals surface area (Å²) in [5.41, 5.74) is 2.16. The molecule has 0 saturated heterocycles. The molecule has 28 heavy (non-hydrogen) atoms. The molecular weight excluding hydrogens is 444 g/mol. The summed E-state index contributed by atoms with van der Waals surface area (Å²) >= 11 is 9.57. The lowest BCUT2D eigenvalue weighted by molar-refractivity contribution is 0.269. The van der Waals surface area contributed by atoms with E-state index in [1.807, 2.05) is 43.3 Å². The van der Waals surface area contributed by atoms with Crippen LogP contribution in [0.5, 0.6) is 11.5 Å². The first kappa shape index (κ1) is 23.0. The van der Waals surface area contributed by atoms with Crippen LogP contribution in [0.3, 0.4) is 0 Å². The number of ether oxygens (including phenoxy) is 2. The minimum absolute atomic E-state index is 0.174. The summed E-state index contributed by atoms with van der Waals surface area (Å²) in [5, 5.41) is 16.0. The van der Waals surface area contributed by atoms with Gasteiger partial charge in [-0.3, -0.25) is 0 Å². The normalized spacial score (nSPS) is 10.9. The second kappa shape index (κ2) is 13.0. The van der Waals surface area contributed by atoms with Gasteiger partial charge in [0.05, 0.1) is 13.2 Å². The van der Waals surface area contributed by atoms with Crippen LogP contribution in [-0.2, 0) is 13.2 Å². The molecule has 7 heteroatoms. The van der Waals surface area contributed by atoms with Gasteiger partial charge in [-0.25, -0.2) is 0 Å². The quantitative estimate of drug-likeness (QED) is 0.383. The minimum atomic E-state index is 0.174. The van der Waals surface area contributed by atoms with Crippen molar-refractivity contribution in [3.63, 3.8) is 0 Å². The maximum absolute atomic E-state index is 8.74. The smallest absolute Gasteiger partial charge is 0.162 e. The third kappa shape index (κ3) is 7.97. The van der Waals surface area contributed by atoms with Crippen LogP contribution in [0, 0.1) is 0 Å². The van der Waals surface area contributed by atoms with Crippen LogP contribution in [-0.4, -0.2) is 38.0 Å². The second-order valence-corrected chi connectivity index (χ2v) is 7.53. The highest BCUT2D eigenvalue weighted by Crippen LogP contribution is 2.34. The van der Waals surface area contributed by atoms with Crippen molar-refractivity contribution >= 4 is 27.5 Å². The Hall–Kier alpha value is -1.31. The van der Waals surface area contributed by atoms with E-state index in [9.17, 15) is 0 Å². The number of rotatable bonds is 13. The average molecular weight is 472 g/mol. The number of hydrogen-bond donors (Lipinski definition) is 3. The van der Waals surface area contributed by atoms with Crippen molar-refractivity contribution in [1.82, 2.24) is 10.6 Å². The van der Waals surface area contributed by atoms with Crippen LogP contribution in [0.2, 0.25) is 5.02 Å². The van der Waals surface area contributed by atoms with Crippen LogP contribution in [0.1, 0.15) is 24.5 Å². The third-order valence-electron chi connectivity index (χ3n) is 4.03. The van der Waals surface area contributed by atoms with Gasteiger partial charge in [-0.15, -0.1) is 0 Å². The lowest BCUT2D eigenvalue weighted by Gasteiger charge is -2.15. The van der Waals surface area contributed by atoms with Gasteiger partial charge in [-0.05, 0) is 61.8 Å². The Morgan fingerprint density at radius 3 is 2.43 bits per heavy atom. The van der Waals surface area contributed by atoms with E-state index in [2.05, 4.69) is 26.6 Å². The molecular formula is C21H28BrClN2O3. The van der Waals surface area contributed by atoms with Gasteiger partial charge in [0.25, 0.3) is 0 Å². The average Bonchev–Trinajstić information content (AvgIpc) is 2.69. The first-order valence-corrected chi connectivity index (χ1v) is 10.7. The van der Waals surface area contributed by atoms with Crippen molar-refractivity contribution in [3.05, 3.63) is 57.0 Å². The Morgan fingerprint density at radius 1 is 1.00 bits per heavy atom. The number of halogens is 2. The molecule has 0 spiro atoms. The molecule has 154 valence electrons. The number of hydrogen-bond acceptors (Lipinski definition) is 5. The Balaban J connectivity index is 1.93. The molecule has 0 aliphatic heterocycles. The molecule has 2 aromatic carbocycles. The highest BCUT2D eigenvalue weighted by atomic mass is 79.9. The SMILES string of the molecule is CCOc1cc(CNCCCNCCO)c(Br)cc1OCc1ccc(Cl)cc1. The van der Waals surface area contributed by atoms with Crippen LogP contribution in [0.15, 0.2) is 40.9 Å². The number of aliphatic hydroxyl groups excluding tert-OH is 1. The summed E-state index contributed by atoms with van der Waals surface area (Å²) < 4.78 is 12.7. The molecule has 0 radical (unpaired) electrons. The molecule has 2 aromatic rings. The van der Waals surface area contributed by atoms with Gasteiger partial charge in [0, 0.05) is 22.6 Å². The van der Waals surface area contributed by atoms with E-state index in [-0.39, 0.29) is 6.61 Å². The van der Waals surface area contributed by atoms with Crippen LogP contribution in [0.25, 0.3) is 0 Å². The Labute approximate surface area is 180 Å². The fourth-order valence-corrected chi connectivity index (χ4v) is 3.19. The van der Waals surface area contributed by atoms with Crippen molar-refractivity contribution in [2.75, 3.05) is 32.8 Å². The summed E-state index contributed by atoms with van der Waals surface area (Å²) in [4.78, 5) is 0. The van der Waals surface area contributed by atoms with Crippen LogP contribution in [0.4, 0.5) is 0 Å². The second-order valence-electron chi connectivity index (χ2n) is 6.24. The standard InChI is InChI=1S/C21H28BrClN2O3/c1-2-27-20-12-17(14-25-9-3-8-24-10-11-26)19(22)13-21(20)28-15-16-4-6-18(23)7-5-16/h4-7,12-13,24-26H,2-3,8-11,14-15H2,1H3. The Morgan fingerprint density at radius 2 is 1.71 bits per heavy atom. The van der Waals surface area contributed by atoms with Crippen molar-refractivity contribution in [2.24, 2.45) is 0 Å². The molecule has 2 rings (SSSR count). The molecule has 0 saturated carbocycles. The summed E-state index contributed by atoms with van der Waals surface area (Å²) in [7, 11) is 0. The molecule has 0 heterocycles. The number of benzene rings is 2. The third-order valence-corrected chi connectivity index (χ3v) is 5.02. The molecule has 0 aliphatic carbocycles. The Kier molecular flexibility index (Phi) is 10.7. The van der Waals surface area contributed by atoms with E-state index in [1.165, 1.54) is 0 Å². The first-order chi connectivity index (χ1) is 13.6. The van der Waals surface area contributed by atoms with E-state index >= 15 is 0 Å². The molecule has 0 fully saturated rings. The summed E-state index contributed by atoms with van der Waals surface area (Å²) in [6, 6.07) is 11.6. The maximum Gasteiger partial charge on any atom is 0.162 e. The van der Waals surface area contributed by atoms with Gasteiger partial charge in [0.1, 0.15) is 6.61 Å². The zero-order chi connectivity index (χ0) is 20.2. The fourth-order valence-electron chi connectivity index (χ4n) is 2.60. The zero-order valence-electron chi connectivity index (χ0n) is 16.1. The first-order valence-electron chi connectivity index (χ1n) is 9.48. The van der Waals surface area contributed by atoms with E-state index in [1.54, 1.807) is 0 Å². The van der Waals surface area contributed by atoms with E-state index in [0.717, 1.165) is 47.4 Å². The number of aliphatic hydroxyl groups is 1. The van der Waals surface area contributed by atoms with Crippen LogP contribution >= 0.6 is 27.5 Å². The minimum Gasteiger partial charge on any atom is -0.490 e. The summed E-state index contributed by atoms with van der Waals surface area (Å²) in [6.07, 6.45) is 0.998. The molecule has 5 nitrogen and oxygen atoms in total. The molecule has 0 aromatic heterocycles. The van der Waals surface area contributed by atoms with Crippen LogP contribution < -0.4 is 20.1 Å². The van der Waals surface area contributed by atoms with Gasteiger partial charge in [-0.2, -0.15) is 0 Å². The van der Waals surface area contributed by atoms with E-state index in [0.29, 0.717) is 30.5 Å². The molecule has 3 N–H and O–H groups in total. The molecule has 0 atom stereocenters. The predicted octanol–water partition coefficient (Wildman–Crippen LogP) is 4.14. The van der Waals surface area contributed by atoms with Crippen molar-refractivity contribution in [1.29, 1.82) is 0 Å². The highest BCUT2D eigenvalue weighted by molar-refractivity contribution is 9.10. The number of nitrogens with one attached hydrogen (secondary N) is 2. The largest absolute Gasteiger partial charge is 0.490 e.